The molecule has 2 aromatic carbocycles. The fourth-order valence-electron chi connectivity index (χ4n) is 5.45. The Morgan fingerprint density at radius 2 is 1.90 bits per heavy atom. The summed E-state index contributed by atoms with van der Waals surface area (Å²) in [6.07, 6.45) is 0.753. The van der Waals surface area contributed by atoms with Crippen molar-refractivity contribution in [3.8, 4) is 22.5 Å². The first-order chi connectivity index (χ1) is 18.9. The van der Waals surface area contributed by atoms with E-state index in [1.165, 1.54) is 6.07 Å². The second kappa shape index (κ2) is 10.5. The molecule has 39 heavy (non-hydrogen) atoms. The third-order valence-corrected chi connectivity index (χ3v) is 7.61. The number of nitrogens with zero attached hydrogens (tertiary/aromatic N) is 4. The van der Waals surface area contributed by atoms with Crippen molar-refractivity contribution in [2.45, 2.75) is 19.1 Å². The Bertz CT molecular complexity index is 1420. The van der Waals surface area contributed by atoms with Crippen LogP contribution < -0.4 is 16.0 Å². The lowest BCUT2D eigenvalue weighted by molar-refractivity contribution is -0.0333. The van der Waals surface area contributed by atoms with Crippen LogP contribution in [-0.4, -0.2) is 79.9 Å². The van der Waals surface area contributed by atoms with Crippen molar-refractivity contribution in [3.63, 3.8) is 0 Å². The number of nitrogen functional groups attached to an aromatic ring is 1. The molecule has 3 N–H and O–H groups in total. The first-order valence-corrected chi connectivity index (χ1v) is 13.1. The summed E-state index contributed by atoms with van der Waals surface area (Å²) < 4.78 is 41.4. The monoisotopic (exact) mass is 536 g/mol. The highest BCUT2D eigenvalue weighted by molar-refractivity contribution is 5.97. The quantitative estimate of drug-likeness (QED) is 0.496. The van der Waals surface area contributed by atoms with Gasteiger partial charge in [-0.2, -0.15) is 9.37 Å². The number of likely N-dealkylation sites (tertiary alicyclic amines) is 1. The third kappa shape index (κ3) is 4.93. The van der Waals surface area contributed by atoms with Crippen molar-refractivity contribution in [3.05, 3.63) is 58.8 Å². The number of fused-ring (bicyclic) bond motifs is 1. The number of nitrogens with one attached hydrogen (secondary N) is 1. The van der Waals surface area contributed by atoms with Gasteiger partial charge in [0.25, 0.3) is 5.91 Å². The van der Waals surface area contributed by atoms with Gasteiger partial charge in [-0.05, 0) is 41.8 Å². The van der Waals surface area contributed by atoms with Crippen LogP contribution in [0.2, 0.25) is 0 Å². The molecule has 3 aliphatic heterocycles. The first kappa shape index (κ1) is 25.6. The zero-order valence-corrected chi connectivity index (χ0v) is 21.7. The molecule has 1 aromatic heterocycles. The molecule has 3 aliphatic rings. The highest BCUT2D eigenvalue weighted by Crippen LogP contribution is 2.35. The highest BCUT2D eigenvalue weighted by Gasteiger charge is 2.28. The van der Waals surface area contributed by atoms with Gasteiger partial charge in [-0.1, -0.05) is 6.07 Å². The Hall–Kier alpha value is -3.67. The summed E-state index contributed by atoms with van der Waals surface area (Å²) >= 11 is 0. The summed E-state index contributed by atoms with van der Waals surface area (Å²) in [7, 11) is 1.71. The molecule has 4 heterocycles. The molecule has 0 aliphatic carbocycles. The van der Waals surface area contributed by atoms with Gasteiger partial charge in [0.2, 0.25) is 5.95 Å². The molecule has 204 valence electrons. The number of ether oxygens (including phenoxy) is 2. The molecule has 6 rings (SSSR count). The summed E-state index contributed by atoms with van der Waals surface area (Å²) in [5.74, 6) is -2.04. The van der Waals surface area contributed by atoms with Crippen molar-refractivity contribution in [2.24, 2.45) is 0 Å². The second-order valence-corrected chi connectivity index (χ2v) is 10.1. The molecule has 0 radical (unpaired) electrons. The van der Waals surface area contributed by atoms with E-state index >= 15 is 8.78 Å². The van der Waals surface area contributed by atoms with Crippen LogP contribution in [0.15, 0.2) is 30.3 Å². The van der Waals surface area contributed by atoms with Gasteiger partial charge in [-0.25, -0.2) is 9.37 Å². The Labute approximate surface area is 224 Å². The van der Waals surface area contributed by atoms with Crippen LogP contribution in [0.3, 0.4) is 0 Å². The van der Waals surface area contributed by atoms with Crippen molar-refractivity contribution in [2.75, 3.05) is 63.7 Å². The molecular weight excluding hydrogens is 506 g/mol. The maximum Gasteiger partial charge on any atom is 0.251 e. The molecular formula is C28H30F2N6O3. The summed E-state index contributed by atoms with van der Waals surface area (Å²) in [5.41, 5.74) is 9.74. The van der Waals surface area contributed by atoms with E-state index < -0.39 is 11.8 Å². The van der Waals surface area contributed by atoms with E-state index in [0.717, 1.165) is 37.4 Å². The maximum atomic E-state index is 15.2. The number of methoxy groups -OCH3 is 1. The van der Waals surface area contributed by atoms with Gasteiger partial charge in [-0.3, -0.25) is 9.69 Å². The molecule has 2 saturated heterocycles. The number of benzene rings is 2. The molecule has 0 bridgehead atoms. The number of hydrogen-bond donors (Lipinski definition) is 2. The first-order valence-electron chi connectivity index (χ1n) is 13.1. The molecule has 3 aromatic rings. The second-order valence-electron chi connectivity index (χ2n) is 10.1. The van der Waals surface area contributed by atoms with E-state index in [1.807, 2.05) is 18.2 Å². The number of rotatable bonds is 6. The zero-order valence-electron chi connectivity index (χ0n) is 21.7. The van der Waals surface area contributed by atoms with Crippen molar-refractivity contribution in [1.82, 2.24) is 20.2 Å². The molecule has 11 heteroatoms. The largest absolute Gasteiger partial charge is 0.382 e. The summed E-state index contributed by atoms with van der Waals surface area (Å²) in [4.78, 5) is 25.1. The van der Waals surface area contributed by atoms with Gasteiger partial charge in [0.15, 0.2) is 5.82 Å². The standard InChI is InChI=1S/C28H30F2N6O3/c1-38-19-14-35(15-19)13-18-10-17(2-3-23(18)36-6-8-39-9-7-36)24-26(30)34-27(31)25(33-24)21-11-16-4-5-32-28(37)20(16)12-22(21)29/h2-3,10-12,19H,4-9,13-15H2,1H3,(H2,31,34)(H,32,37). The minimum Gasteiger partial charge on any atom is -0.382 e. The van der Waals surface area contributed by atoms with Gasteiger partial charge in [0.05, 0.1) is 19.3 Å². The maximum absolute atomic E-state index is 15.2. The van der Waals surface area contributed by atoms with Crippen LogP contribution in [0.5, 0.6) is 0 Å². The van der Waals surface area contributed by atoms with E-state index in [2.05, 4.69) is 25.1 Å². The normalized spacial score (nSPS) is 18.0. The Morgan fingerprint density at radius 3 is 2.67 bits per heavy atom. The van der Waals surface area contributed by atoms with Crippen molar-refractivity contribution >= 4 is 17.4 Å². The molecule has 9 nitrogen and oxygen atoms in total. The predicted octanol–water partition coefficient (Wildman–Crippen LogP) is 2.62. The average molecular weight is 537 g/mol. The Balaban J connectivity index is 1.39. The molecule has 0 unspecified atom stereocenters. The lowest BCUT2D eigenvalue weighted by atomic mass is 9.96. The minimum atomic E-state index is -0.831. The number of carbonyl (C=O) groups excluding carboxylic acids is 1. The summed E-state index contributed by atoms with van der Waals surface area (Å²) in [6, 6.07) is 8.45. The fraction of sp³-hybridized carbons (Fsp3) is 0.393. The van der Waals surface area contributed by atoms with E-state index in [0.29, 0.717) is 43.9 Å². The summed E-state index contributed by atoms with van der Waals surface area (Å²) in [5, 5.41) is 2.71. The van der Waals surface area contributed by atoms with Crippen LogP contribution in [0.4, 0.5) is 20.3 Å². The molecule has 0 atom stereocenters. The highest BCUT2D eigenvalue weighted by atomic mass is 19.1. The molecule has 0 spiro atoms. The Kier molecular flexibility index (Phi) is 6.88. The number of anilines is 2. The zero-order chi connectivity index (χ0) is 27.1. The SMILES string of the molecule is COC1CN(Cc2cc(-c3nc(-c4cc5c(cc4F)C(=O)NCC5)c(N)nc3F)ccc2N2CCOCC2)C1. The fourth-order valence-corrected chi connectivity index (χ4v) is 5.45. The van der Waals surface area contributed by atoms with Crippen LogP contribution in [0.25, 0.3) is 22.5 Å². The van der Waals surface area contributed by atoms with E-state index in [1.54, 1.807) is 13.2 Å². The van der Waals surface area contributed by atoms with Gasteiger partial charge >= 0.3 is 0 Å². The van der Waals surface area contributed by atoms with Crippen LogP contribution in [0.1, 0.15) is 21.5 Å². The van der Waals surface area contributed by atoms with E-state index in [4.69, 9.17) is 15.2 Å². The number of carbonyl (C=O) groups is 1. The summed E-state index contributed by atoms with van der Waals surface area (Å²) in [6.45, 7) is 5.58. The number of hydrogen-bond acceptors (Lipinski definition) is 8. The average Bonchev–Trinajstić information content (AvgIpc) is 2.91. The number of halogens is 2. The molecule has 1 amide bonds. The van der Waals surface area contributed by atoms with E-state index in [-0.39, 0.29) is 40.3 Å². The topological polar surface area (TPSA) is 106 Å². The lowest BCUT2D eigenvalue weighted by Gasteiger charge is -2.39. The van der Waals surface area contributed by atoms with Crippen molar-refractivity contribution in [1.29, 1.82) is 0 Å². The van der Waals surface area contributed by atoms with E-state index in [9.17, 15) is 4.79 Å². The number of amides is 1. The number of nitrogens with two attached hydrogens (primary N) is 1. The van der Waals surface area contributed by atoms with Gasteiger partial charge in [0.1, 0.15) is 17.2 Å². The third-order valence-electron chi connectivity index (χ3n) is 7.61. The van der Waals surface area contributed by atoms with Crippen LogP contribution in [0, 0.1) is 11.8 Å². The number of aromatic nitrogens is 2. The molecule has 0 saturated carbocycles. The minimum absolute atomic E-state index is 0.0118. The van der Waals surface area contributed by atoms with Gasteiger partial charge in [-0.15, -0.1) is 0 Å². The van der Waals surface area contributed by atoms with Gasteiger partial charge < -0.3 is 25.4 Å². The van der Waals surface area contributed by atoms with Gasteiger partial charge in [0, 0.05) is 68.8 Å². The number of morpholine rings is 1. The lowest BCUT2D eigenvalue weighted by Crippen LogP contribution is -2.51. The van der Waals surface area contributed by atoms with Crippen LogP contribution >= 0.6 is 0 Å². The smallest absolute Gasteiger partial charge is 0.251 e. The predicted molar refractivity (Wildman–Crippen MR) is 142 cm³/mol. The van der Waals surface area contributed by atoms with Crippen molar-refractivity contribution < 1.29 is 23.0 Å². The van der Waals surface area contributed by atoms with Crippen LogP contribution in [-0.2, 0) is 22.4 Å². The molecule has 2 fully saturated rings. The Morgan fingerprint density at radius 1 is 1.10 bits per heavy atom.